The van der Waals surface area contributed by atoms with Crippen LogP contribution < -0.4 is 10.5 Å². The van der Waals surface area contributed by atoms with Gasteiger partial charge in [-0.25, -0.2) is 4.98 Å². The summed E-state index contributed by atoms with van der Waals surface area (Å²) in [6.07, 6.45) is 1.03. The van der Waals surface area contributed by atoms with E-state index in [1.807, 2.05) is 25.1 Å². The van der Waals surface area contributed by atoms with E-state index in [0.29, 0.717) is 12.3 Å². The van der Waals surface area contributed by atoms with Crippen molar-refractivity contribution in [2.45, 2.75) is 20.3 Å². The Bertz CT molecular complexity index is 720. The fraction of sp³-hybridized carbons (Fsp3) is 0.412. The number of benzene rings is 1. The van der Waals surface area contributed by atoms with Gasteiger partial charge in [0.25, 0.3) is 5.91 Å². The normalized spacial score (nSPS) is 20.6. The fourth-order valence-electron chi connectivity index (χ4n) is 2.54. The molecule has 1 aromatic carbocycles. The van der Waals surface area contributed by atoms with E-state index >= 15 is 0 Å². The van der Waals surface area contributed by atoms with Crippen LogP contribution in [0.1, 0.15) is 29.4 Å². The van der Waals surface area contributed by atoms with Gasteiger partial charge in [0.15, 0.2) is 0 Å². The number of thiazole rings is 1. The van der Waals surface area contributed by atoms with E-state index in [0.717, 1.165) is 41.5 Å². The predicted octanol–water partition coefficient (Wildman–Crippen LogP) is 3.02. The highest BCUT2D eigenvalue weighted by Crippen LogP contribution is 2.32. The van der Waals surface area contributed by atoms with Crippen molar-refractivity contribution in [1.82, 2.24) is 4.98 Å². The first-order chi connectivity index (χ1) is 11.0. The van der Waals surface area contributed by atoms with Crippen molar-refractivity contribution < 1.29 is 14.3 Å². The summed E-state index contributed by atoms with van der Waals surface area (Å²) in [5.74, 6) is 0.366. The molecule has 6 heteroatoms. The zero-order valence-corrected chi connectivity index (χ0v) is 14.1. The number of nitrogens with two attached hydrogens (primary N) is 1. The summed E-state index contributed by atoms with van der Waals surface area (Å²) in [6.45, 7) is 6.40. The summed E-state index contributed by atoms with van der Waals surface area (Å²) in [4.78, 5) is 15.4. The van der Waals surface area contributed by atoms with Crippen molar-refractivity contribution in [1.29, 1.82) is 0 Å². The number of aromatic nitrogens is 1. The van der Waals surface area contributed by atoms with Gasteiger partial charge < -0.3 is 15.2 Å². The average Bonchev–Trinajstić information content (AvgIpc) is 3.15. The third-order valence-corrected chi connectivity index (χ3v) is 4.95. The lowest BCUT2D eigenvalue weighted by Crippen LogP contribution is -2.25. The Kier molecular flexibility index (Phi) is 4.37. The monoisotopic (exact) mass is 332 g/mol. The molecule has 2 aromatic rings. The molecule has 1 amide bonds. The summed E-state index contributed by atoms with van der Waals surface area (Å²) in [5, 5.41) is 2.46. The van der Waals surface area contributed by atoms with Crippen LogP contribution in [0.25, 0.3) is 10.6 Å². The van der Waals surface area contributed by atoms with Crippen molar-refractivity contribution in [2.75, 3.05) is 19.8 Å². The molecule has 0 radical (unpaired) electrons. The second-order valence-electron chi connectivity index (χ2n) is 6.28. The number of hydrogen-bond donors (Lipinski definition) is 1. The minimum absolute atomic E-state index is 0.0941. The SMILES string of the molecule is Cc1cc(-c2nc(C(N)=O)cs2)ccc1OCC1(C)CCOC1. The highest BCUT2D eigenvalue weighted by molar-refractivity contribution is 7.13. The van der Waals surface area contributed by atoms with Crippen LogP contribution in [0, 0.1) is 12.3 Å². The molecule has 1 aliphatic heterocycles. The van der Waals surface area contributed by atoms with E-state index < -0.39 is 5.91 Å². The number of amides is 1. The Morgan fingerprint density at radius 2 is 2.35 bits per heavy atom. The molecule has 2 heterocycles. The lowest BCUT2D eigenvalue weighted by molar-refractivity contribution is 0.0996. The molecule has 1 atom stereocenters. The second-order valence-corrected chi connectivity index (χ2v) is 7.14. The van der Waals surface area contributed by atoms with Crippen molar-refractivity contribution >= 4 is 17.2 Å². The first kappa shape index (κ1) is 16.0. The zero-order chi connectivity index (χ0) is 16.4. The van der Waals surface area contributed by atoms with Crippen LogP contribution in [-0.4, -0.2) is 30.7 Å². The highest BCUT2D eigenvalue weighted by Gasteiger charge is 2.30. The molecule has 1 aliphatic rings. The molecule has 23 heavy (non-hydrogen) atoms. The van der Waals surface area contributed by atoms with E-state index in [9.17, 15) is 4.79 Å². The maximum absolute atomic E-state index is 11.1. The molecule has 3 rings (SSSR count). The maximum atomic E-state index is 11.1. The Morgan fingerprint density at radius 1 is 1.52 bits per heavy atom. The van der Waals surface area contributed by atoms with Crippen LogP contribution in [0.15, 0.2) is 23.6 Å². The summed E-state index contributed by atoms with van der Waals surface area (Å²) in [5.41, 5.74) is 7.65. The van der Waals surface area contributed by atoms with Crippen molar-refractivity contribution in [3.05, 3.63) is 34.8 Å². The van der Waals surface area contributed by atoms with Gasteiger partial charge in [0.2, 0.25) is 0 Å². The van der Waals surface area contributed by atoms with Gasteiger partial charge >= 0.3 is 0 Å². The number of nitrogens with zero attached hydrogens (tertiary/aromatic N) is 1. The quantitative estimate of drug-likeness (QED) is 0.913. The number of rotatable bonds is 5. The minimum atomic E-state index is -0.504. The maximum Gasteiger partial charge on any atom is 0.268 e. The minimum Gasteiger partial charge on any atom is -0.493 e. The molecule has 0 saturated carbocycles. The van der Waals surface area contributed by atoms with E-state index in [4.69, 9.17) is 15.2 Å². The topological polar surface area (TPSA) is 74.4 Å². The number of ether oxygens (including phenoxy) is 2. The number of carbonyl (C=O) groups excluding carboxylic acids is 1. The van der Waals surface area contributed by atoms with Gasteiger partial charge in [-0.15, -0.1) is 11.3 Å². The van der Waals surface area contributed by atoms with Crippen LogP contribution in [0.3, 0.4) is 0 Å². The smallest absolute Gasteiger partial charge is 0.268 e. The zero-order valence-electron chi connectivity index (χ0n) is 13.3. The van der Waals surface area contributed by atoms with Gasteiger partial charge in [0, 0.05) is 23.0 Å². The number of primary amides is 1. The second kappa shape index (κ2) is 6.29. The molecule has 5 nitrogen and oxygen atoms in total. The first-order valence-electron chi connectivity index (χ1n) is 7.54. The van der Waals surface area contributed by atoms with Crippen molar-refractivity contribution in [2.24, 2.45) is 11.1 Å². The molecule has 0 bridgehead atoms. The largest absolute Gasteiger partial charge is 0.493 e. The van der Waals surface area contributed by atoms with Gasteiger partial charge in [-0.05, 0) is 37.1 Å². The molecular weight excluding hydrogens is 312 g/mol. The summed E-state index contributed by atoms with van der Waals surface area (Å²) >= 11 is 1.41. The lowest BCUT2D eigenvalue weighted by Gasteiger charge is -2.22. The summed E-state index contributed by atoms with van der Waals surface area (Å²) in [7, 11) is 0. The standard InChI is InChI=1S/C17H20N2O3S/c1-11-7-12(16-19-13(8-23-16)15(18)20)3-4-14(11)22-10-17(2)5-6-21-9-17/h3-4,7-8H,5-6,9-10H2,1-2H3,(H2,18,20). The first-order valence-corrected chi connectivity index (χ1v) is 8.42. The van der Waals surface area contributed by atoms with Crippen LogP contribution in [-0.2, 0) is 4.74 Å². The van der Waals surface area contributed by atoms with Crippen molar-refractivity contribution in [3.63, 3.8) is 0 Å². The molecule has 1 fully saturated rings. The molecule has 2 N–H and O–H groups in total. The average molecular weight is 332 g/mol. The van der Waals surface area contributed by atoms with Crippen LogP contribution in [0.2, 0.25) is 0 Å². The molecule has 1 saturated heterocycles. The molecule has 1 aromatic heterocycles. The Morgan fingerprint density at radius 3 is 2.96 bits per heavy atom. The Hall–Kier alpha value is -1.92. The molecule has 122 valence electrons. The van der Waals surface area contributed by atoms with Gasteiger partial charge in [0.05, 0.1) is 13.2 Å². The lowest BCUT2D eigenvalue weighted by atomic mass is 9.91. The predicted molar refractivity (Wildman–Crippen MR) is 89.8 cm³/mol. The van der Waals surface area contributed by atoms with Gasteiger partial charge in [-0.1, -0.05) is 6.92 Å². The van der Waals surface area contributed by atoms with Gasteiger partial charge in [0.1, 0.15) is 16.5 Å². The highest BCUT2D eigenvalue weighted by atomic mass is 32.1. The Balaban J connectivity index is 1.73. The molecular formula is C17H20N2O3S. The van der Waals surface area contributed by atoms with Gasteiger partial charge in [-0.3, -0.25) is 4.79 Å². The summed E-state index contributed by atoms with van der Waals surface area (Å²) < 4.78 is 11.4. The van der Waals surface area contributed by atoms with Crippen LogP contribution in [0.4, 0.5) is 0 Å². The van der Waals surface area contributed by atoms with E-state index in [1.165, 1.54) is 11.3 Å². The van der Waals surface area contributed by atoms with Crippen molar-refractivity contribution in [3.8, 4) is 16.3 Å². The van der Waals surface area contributed by atoms with Gasteiger partial charge in [-0.2, -0.15) is 0 Å². The number of hydrogen-bond acceptors (Lipinski definition) is 5. The third kappa shape index (κ3) is 3.54. The number of carbonyl (C=O) groups is 1. The fourth-order valence-corrected chi connectivity index (χ4v) is 3.35. The third-order valence-electron chi connectivity index (χ3n) is 4.06. The van der Waals surface area contributed by atoms with Crippen LogP contribution >= 0.6 is 11.3 Å². The van der Waals surface area contributed by atoms with E-state index in [2.05, 4.69) is 11.9 Å². The van der Waals surface area contributed by atoms with Crippen LogP contribution in [0.5, 0.6) is 5.75 Å². The Labute approximate surface area is 139 Å². The molecule has 0 aliphatic carbocycles. The molecule has 0 spiro atoms. The summed E-state index contributed by atoms with van der Waals surface area (Å²) in [6, 6.07) is 5.93. The molecule has 1 unspecified atom stereocenters. The van der Waals surface area contributed by atoms with E-state index in [1.54, 1.807) is 5.38 Å². The van der Waals surface area contributed by atoms with E-state index in [-0.39, 0.29) is 5.41 Å². The number of aryl methyl sites for hydroxylation is 1.